The molecule has 3 aromatic rings. The Morgan fingerprint density at radius 1 is 1.14 bits per heavy atom. The van der Waals surface area contributed by atoms with Crippen molar-refractivity contribution in [2.45, 2.75) is 18.9 Å². The first kappa shape index (κ1) is 12.8. The van der Waals surface area contributed by atoms with Gasteiger partial charge in [0.05, 0.1) is 16.4 Å². The average Bonchev–Trinajstić information content (AvgIpc) is 2.74. The zero-order valence-electron chi connectivity index (χ0n) is 11.4. The van der Waals surface area contributed by atoms with Crippen molar-refractivity contribution in [1.82, 2.24) is 14.9 Å². The molecule has 4 rings (SSSR count). The average molecular weight is 297 g/mol. The highest BCUT2D eigenvalue weighted by Gasteiger charge is 2.31. The minimum absolute atomic E-state index is 0.170. The van der Waals surface area contributed by atoms with Crippen LogP contribution < -0.4 is 16.3 Å². The van der Waals surface area contributed by atoms with Crippen LogP contribution in [0.3, 0.4) is 0 Å². The maximum absolute atomic E-state index is 12.7. The Hall–Kier alpha value is -2.96. The van der Waals surface area contributed by atoms with Crippen LogP contribution in [0.5, 0.6) is 0 Å². The van der Waals surface area contributed by atoms with Gasteiger partial charge < -0.3 is 4.98 Å². The summed E-state index contributed by atoms with van der Waals surface area (Å²) in [6.45, 7) is 0. The predicted octanol–water partition coefficient (Wildman–Crippen LogP) is 0.258. The fourth-order valence-corrected chi connectivity index (χ4v) is 3.14. The van der Waals surface area contributed by atoms with Gasteiger partial charge in [-0.3, -0.25) is 29.1 Å². The Bertz CT molecular complexity index is 1050. The predicted molar refractivity (Wildman–Crippen MR) is 78.9 cm³/mol. The lowest BCUT2D eigenvalue weighted by Gasteiger charge is -2.22. The van der Waals surface area contributed by atoms with Crippen LogP contribution in [0.1, 0.15) is 18.9 Å². The van der Waals surface area contributed by atoms with Crippen molar-refractivity contribution in [2.24, 2.45) is 0 Å². The van der Waals surface area contributed by atoms with E-state index in [1.165, 1.54) is 16.7 Å². The van der Waals surface area contributed by atoms with Crippen LogP contribution in [0.15, 0.2) is 34.0 Å². The highest BCUT2D eigenvalue weighted by atomic mass is 16.2. The van der Waals surface area contributed by atoms with Crippen LogP contribution in [-0.2, 0) is 9.59 Å². The first-order valence-electron chi connectivity index (χ1n) is 6.89. The van der Waals surface area contributed by atoms with Gasteiger partial charge in [-0.05, 0) is 12.5 Å². The smallest absolute Gasteiger partial charge is 0.259 e. The van der Waals surface area contributed by atoms with Crippen LogP contribution in [0.25, 0.3) is 21.8 Å². The van der Waals surface area contributed by atoms with E-state index in [4.69, 9.17) is 0 Å². The third-order valence-corrected chi connectivity index (χ3v) is 4.08. The molecule has 0 radical (unpaired) electrons. The van der Waals surface area contributed by atoms with E-state index in [0.717, 1.165) is 0 Å². The van der Waals surface area contributed by atoms with E-state index in [2.05, 4.69) is 10.3 Å². The summed E-state index contributed by atoms with van der Waals surface area (Å²) in [4.78, 5) is 50.8. The second kappa shape index (κ2) is 4.27. The Morgan fingerprint density at radius 3 is 2.73 bits per heavy atom. The highest BCUT2D eigenvalue weighted by molar-refractivity contribution is 6.09. The van der Waals surface area contributed by atoms with Crippen molar-refractivity contribution in [3.8, 4) is 0 Å². The quantitative estimate of drug-likeness (QED) is 0.629. The van der Waals surface area contributed by atoms with Crippen molar-refractivity contribution in [3.05, 3.63) is 45.0 Å². The molecule has 2 amide bonds. The first-order chi connectivity index (χ1) is 10.6. The number of imide groups is 1. The second-order valence-corrected chi connectivity index (χ2v) is 5.40. The third kappa shape index (κ3) is 1.62. The van der Waals surface area contributed by atoms with Crippen LogP contribution >= 0.6 is 0 Å². The van der Waals surface area contributed by atoms with Gasteiger partial charge in [-0.15, -0.1) is 0 Å². The van der Waals surface area contributed by atoms with E-state index in [1.807, 2.05) is 0 Å². The number of hydrogen-bond acceptors (Lipinski definition) is 4. The maximum Gasteiger partial charge on any atom is 0.259 e. The second-order valence-electron chi connectivity index (χ2n) is 5.40. The van der Waals surface area contributed by atoms with Gasteiger partial charge in [0.1, 0.15) is 6.04 Å². The van der Waals surface area contributed by atoms with Crippen LogP contribution in [0, 0.1) is 0 Å². The van der Waals surface area contributed by atoms with Gasteiger partial charge in [0.2, 0.25) is 11.8 Å². The molecular weight excluding hydrogens is 286 g/mol. The molecule has 2 N–H and O–H groups in total. The van der Waals surface area contributed by atoms with Crippen molar-refractivity contribution >= 4 is 33.6 Å². The summed E-state index contributed by atoms with van der Waals surface area (Å²) >= 11 is 0. The molecule has 1 aliphatic heterocycles. The van der Waals surface area contributed by atoms with E-state index >= 15 is 0 Å². The summed E-state index contributed by atoms with van der Waals surface area (Å²) in [7, 11) is 0. The molecule has 1 aliphatic rings. The molecule has 22 heavy (non-hydrogen) atoms. The summed E-state index contributed by atoms with van der Waals surface area (Å²) in [5, 5.41) is 3.33. The van der Waals surface area contributed by atoms with Gasteiger partial charge in [-0.25, -0.2) is 0 Å². The molecule has 0 bridgehead atoms. The number of carbonyl (C=O) groups excluding carboxylic acids is 2. The lowest BCUT2D eigenvalue weighted by Crippen LogP contribution is -2.43. The van der Waals surface area contributed by atoms with E-state index in [1.54, 1.807) is 12.3 Å². The Balaban J connectivity index is 2.08. The molecular formula is C15H11N3O4. The molecule has 0 spiro atoms. The lowest BCUT2D eigenvalue weighted by atomic mass is 10.1. The van der Waals surface area contributed by atoms with E-state index < -0.39 is 11.9 Å². The van der Waals surface area contributed by atoms with Crippen LogP contribution in [0.2, 0.25) is 0 Å². The number of hydrogen-bond donors (Lipinski definition) is 2. The molecule has 2 aromatic heterocycles. The fourth-order valence-electron chi connectivity index (χ4n) is 3.14. The number of amides is 2. The van der Waals surface area contributed by atoms with E-state index in [0.29, 0.717) is 21.8 Å². The molecule has 0 saturated carbocycles. The molecule has 7 nitrogen and oxygen atoms in total. The molecule has 0 aliphatic carbocycles. The molecule has 1 unspecified atom stereocenters. The first-order valence-corrected chi connectivity index (χ1v) is 6.89. The lowest BCUT2D eigenvalue weighted by molar-refractivity contribution is -0.135. The fraction of sp³-hybridized carbons (Fsp3) is 0.200. The van der Waals surface area contributed by atoms with Crippen molar-refractivity contribution < 1.29 is 9.59 Å². The van der Waals surface area contributed by atoms with Gasteiger partial charge in [-0.1, -0.05) is 0 Å². The highest BCUT2D eigenvalue weighted by Crippen LogP contribution is 2.27. The molecule has 110 valence electrons. The van der Waals surface area contributed by atoms with Gasteiger partial charge in [0.25, 0.3) is 5.56 Å². The Morgan fingerprint density at radius 2 is 1.95 bits per heavy atom. The van der Waals surface area contributed by atoms with Crippen molar-refractivity contribution in [3.63, 3.8) is 0 Å². The normalized spacial score (nSPS) is 19.0. The third-order valence-electron chi connectivity index (χ3n) is 4.08. The molecule has 1 atom stereocenters. The molecule has 7 heteroatoms. The minimum Gasteiger partial charge on any atom is -0.361 e. The zero-order chi connectivity index (χ0) is 15.4. The maximum atomic E-state index is 12.7. The van der Waals surface area contributed by atoms with Gasteiger partial charge in [0.15, 0.2) is 5.43 Å². The standard InChI is InChI=1S/C15H11N3O4/c19-7-5-9-13-8(3-4-16-9)15(22)18(11(13)6-7)10-1-2-12(20)17-14(10)21/h3-6,10,16H,1-2H2,(H,17,20,21). The number of nitrogens with zero attached hydrogens (tertiary/aromatic N) is 1. The Kier molecular flexibility index (Phi) is 2.47. The summed E-state index contributed by atoms with van der Waals surface area (Å²) in [6, 6.07) is 3.63. The number of nitrogens with one attached hydrogen (secondary N) is 2. The summed E-state index contributed by atoms with van der Waals surface area (Å²) in [6.07, 6.45) is 2.01. The molecule has 1 aromatic carbocycles. The minimum atomic E-state index is -0.775. The van der Waals surface area contributed by atoms with Crippen LogP contribution in [0.4, 0.5) is 0 Å². The number of aromatic nitrogens is 2. The summed E-state index contributed by atoms with van der Waals surface area (Å²) in [5.74, 6) is -0.854. The molecule has 1 fully saturated rings. The number of carbonyl (C=O) groups is 2. The zero-order valence-corrected chi connectivity index (χ0v) is 11.4. The number of H-pyrrole nitrogens is 1. The SMILES string of the molecule is O=C1CCC(n2c(=O)c3cc[nH]c4cc(=O)cc2c43)C(=O)N1. The summed E-state index contributed by atoms with van der Waals surface area (Å²) in [5.41, 5.74) is 0.411. The monoisotopic (exact) mass is 297 g/mol. The number of rotatable bonds is 1. The number of benzene rings is 1. The number of aromatic amines is 1. The van der Waals surface area contributed by atoms with E-state index in [9.17, 15) is 19.2 Å². The van der Waals surface area contributed by atoms with Gasteiger partial charge >= 0.3 is 0 Å². The topological polar surface area (TPSA) is 101 Å². The van der Waals surface area contributed by atoms with Crippen molar-refractivity contribution in [2.75, 3.05) is 0 Å². The van der Waals surface area contributed by atoms with Crippen molar-refractivity contribution in [1.29, 1.82) is 0 Å². The van der Waals surface area contributed by atoms with E-state index in [-0.39, 0.29) is 29.7 Å². The van der Waals surface area contributed by atoms with Crippen LogP contribution in [-0.4, -0.2) is 21.4 Å². The molecule has 3 heterocycles. The number of piperidine rings is 1. The molecule has 1 saturated heterocycles. The van der Waals surface area contributed by atoms with Gasteiger partial charge in [0, 0.05) is 30.1 Å². The number of pyridine rings is 1. The largest absolute Gasteiger partial charge is 0.361 e. The Labute approximate surface area is 122 Å². The summed E-state index contributed by atoms with van der Waals surface area (Å²) < 4.78 is 1.33. The van der Waals surface area contributed by atoms with Gasteiger partial charge in [-0.2, -0.15) is 0 Å².